The summed E-state index contributed by atoms with van der Waals surface area (Å²) in [5.74, 6) is -0.864. The van der Waals surface area contributed by atoms with Crippen molar-refractivity contribution >= 4 is 40.6 Å². The van der Waals surface area contributed by atoms with Crippen LogP contribution in [0.15, 0.2) is 42.5 Å². The Hall–Kier alpha value is -3.69. The first-order valence-corrected chi connectivity index (χ1v) is 14.2. The number of methoxy groups -OCH3 is 1. The van der Waals surface area contributed by atoms with Gasteiger partial charge in [-0.2, -0.15) is 0 Å². The highest BCUT2D eigenvalue weighted by atomic mass is 32.1. The van der Waals surface area contributed by atoms with E-state index in [0.29, 0.717) is 41.4 Å². The molecule has 212 valence electrons. The average molecular weight is 564 g/mol. The molecule has 3 amide bonds. The van der Waals surface area contributed by atoms with Gasteiger partial charge in [0.15, 0.2) is 4.88 Å². The summed E-state index contributed by atoms with van der Waals surface area (Å²) in [5, 5.41) is 18.1. The molecule has 1 aliphatic heterocycles. The third-order valence-electron chi connectivity index (χ3n) is 7.82. The molecule has 1 saturated heterocycles. The fourth-order valence-electron chi connectivity index (χ4n) is 5.92. The van der Waals surface area contributed by atoms with Gasteiger partial charge >= 0.3 is 11.9 Å². The van der Waals surface area contributed by atoms with Gasteiger partial charge in [-0.15, -0.1) is 11.3 Å². The third-order valence-corrected chi connectivity index (χ3v) is 8.99. The summed E-state index contributed by atoms with van der Waals surface area (Å²) < 4.78 is 5.01. The van der Waals surface area contributed by atoms with Crippen LogP contribution in [0.25, 0.3) is 10.4 Å². The van der Waals surface area contributed by atoms with E-state index in [2.05, 4.69) is 10.6 Å². The van der Waals surface area contributed by atoms with E-state index in [-0.39, 0.29) is 10.4 Å². The molecule has 40 heavy (non-hydrogen) atoms. The van der Waals surface area contributed by atoms with Crippen LogP contribution < -0.4 is 20.5 Å². The maximum Gasteiger partial charge on any atom is 0.359 e. The number of thiophene rings is 1. The highest BCUT2D eigenvalue weighted by molar-refractivity contribution is 7.18. The summed E-state index contributed by atoms with van der Waals surface area (Å²) >= 11 is 1.24. The van der Waals surface area contributed by atoms with Crippen LogP contribution in [0.3, 0.4) is 0 Å². The van der Waals surface area contributed by atoms with E-state index in [1.54, 1.807) is 13.2 Å². The lowest BCUT2D eigenvalue weighted by Gasteiger charge is -2.47. The molecule has 0 aliphatic carbocycles. The normalized spacial score (nSPS) is 18.8. The van der Waals surface area contributed by atoms with Crippen molar-refractivity contribution in [1.29, 1.82) is 0 Å². The Morgan fingerprint density at radius 2 is 1.62 bits per heavy atom. The van der Waals surface area contributed by atoms with Gasteiger partial charge in [0.2, 0.25) is 0 Å². The summed E-state index contributed by atoms with van der Waals surface area (Å²) in [4.78, 5) is 41.1. The van der Waals surface area contributed by atoms with Crippen LogP contribution in [-0.2, 0) is 4.79 Å². The van der Waals surface area contributed by atoms with Crippen LogP contribution in [0.1, 0.15) is 60.0 Å². The number of aryl methyl sites for hydroxylation is 3. The number of carbonyl (C=O) groups is 3. The van der Waals surface area contributed by atoms with Gasteiger partial charge in [-0.05, 0) is 88.6 Å². The van der Waals surface area contributed by atoms with Crippen LogP contribution in [0.5, 0.6) is 5.75 Å². The van der Waals surface area contributed by atoms with Gasteiger partial charge in [0.25, 0.3) is 0 Å². The Morgan fingerprint density at radius 1 is 1.00 bits per heavy atom. The van der Waals surface area contributed by atoms with Crippen molar-refractivity contribution in [3.63, 3.8) is 0 Å². The topological polar surface area (TPSA) is 108 Å². The Bertz CT molecular complexity index is 1430. The Labute approximate surface area is 239 Å². The van der Waals surface area contributed by atoms with Gasteiger partial charge in [0.05, 0.1) is 30.9 Å². The first kappa shape index (κ1) is 29.3. The van der Waals surface area contributed by atoms with E-state index in [1.807, 2.05) is 77.9 Å². The van der Waals surface area contributed by atoms with E-state index < -0.39 is 23.6 Å². The number of anilines is 2. The van der Waals surface area contributed by atoms with E-state index in [4.69, 9.17) is 4.74 Å². The molecule has 1 unspecified atom stereocenters. The largest absolute Gasteiger partial charge is 0.544 e. The molecule has 1 fully saturated rings. The molecule has 0 bridgehead atoms. The number of nitrogens with zero attached hydrogens (tertiary/aromatic N) is 1. The number of hydrogen-bond acceptors (Lipinski definition) is 6. The van der Waals surface area contributed by atoms with Gasteiger partial charge in [0.1, 0.15) is 11.8 Å². The van der Waals surface area contributed by atoms with Crippen molar-refractivity contribution in [3.8, 4) is 16.2 Å². The zero-order valence-corrected chi connectivity index (χ0v) is 25.0. The zero-order chi connectivity index (χ0) is 29.4. The van der Waals surface area contributed by atoms with Crippen LogP contribution >= 0.6 is 11.3 Å². The number of carbonyl (C=O) groups excluding carboxylic acids is 3. The third kappa shape index (κ3) is 5.36. The van der Waals surface area contributed by atoms with Gasteiger partial charge in [-0.3, -0.25) is 0 Å². The molecule has 2 aromatic carbocycles. The van der Waals surface area contributed by atoms with Gasteiger partial charge in [0, 0.05) is 23.4 Å². The van der Waals surface area contributed by atoms with Gasteiger partial charge in [-0.1, -0.05) is 17.7 Å². The van der Waals surface area contributed by atoms with Crippen molar-refractivity contribution in [2.75, 3.05) is 24.3 Å². The van der Waals surface area contributed by atoms with Crippen LogP contribution in [0.4, 0.5) is 16.2 Å². The lowest BCUT2D eigenvalue weighted by atomic mass is 9.97. The zero-order valence-electron chi connectivity index (χ0n) is 24.1. The number of benzene rings is 2. The molecule has 2 N–H and O–H groups in total. The second-order valence-electron chi connectivity index (χ2n) is 11.5. The highest BCUT2D eigenvalue weighted by Crippen LogP contribution is 2.44. The molecule has 2 atom stereocenters. The predicted molar refractivity (Wildman–Crippen MR) is 157 cm³/mol. The second kappa shape index (κ2) is 11.1. The second-order valence-corrected chi connectivity index (χ2v) is 12.5. The number of likely N-dealkylation sites (tertiary alicyclic amines) is 1. The van der Waals surface area contributed by atoms with Crippen molar-refractivity contribution in [1.82, 2.24) is 0 Å². The first-order chi connectivity index (χ1) is 18.8. The summed E-state index contributed by atoms with van der Waals surface area (Å²) in [6.07, 6.45) is 0.949. The van der Waals surface area contributed by atoms with Crippen LogP contribution in [-0.4, -0.2) is 47.6 Å². The molecular weight excluding hydrogens is 526 g/mol. The van der Waals surface area contributed by atoms with Crippen molar-refractivity contribution in [2.45, 2.75) is 66.0 Å². The number of aliphatic carboxylic acids is 1. The molecule has 9 heteroatoms. The first-order valence-electron chi connectivity index (χ1n) is 13.4. The molecule has 8 nitrogen and oxygen atoms in total. The Kier molecular flexibility index (Phi) is 8.10. The summed E-state index contributed by atoms with van der Waals surface area (Å²) in [6.45, 7) is 11.9. The molecular formula is C31H37N3O5S. The van der Waals surface area contributed by atoms with Gasteiger partial charge in [-0.25, -0.2) is 14.1 Å². The minimum absolute atomic E-state index is 0.273. The monoisotopic (exact) mass is 563 g/mol. The quantitative estimate of drug-likeness (QED) is 0.376. The Morgan fingerprint density at radius 3 is 2.17 bits per heavy atom. The SMILES string of the molecule is COc1ccc(-c2cc(NC(=O)Nc3c(C)cc(C)cc3C)c(C(=O)[N+]3(C(C)(C)C)CCC[C@H]3C(=O)[O-])s2)cc1. The number of amides is 3. The molecule has 0 saturated carbocycles. The molecule has 4 rings (SSSR count). The number of ether oxygens (including phenoxy) is 1. The van der Waals surface area contributed by atoms with E-state index in [0.717, 1.165) is 27.1 Å². The summed E-state index contributed by atoms with van der Waals surface area (Å²) in [7, 11) is 1.59. The number of carboxylic acids is 1. The van der Waals surface area contributed by atoms with Gasteiger partial charge < -0.3 is 25.3 Å². The minimum Gasteiger partial charge on any atom is -0.544 e. The average Bonchev–Trinajstić information content (AvgIpc) is 3.51. The maximum absolute atomic E-state index is 14.5. The fourth-order valence-corrected chi connectivity index (χ4v) is 7.05. The number of nitrogens with one attached hydrogen (secondary N) is 2. The Balaban J connectivity index is 1.79. The minimum atomic E-state index is -1.23. The van der Waals surface area contributed by atoms with Crippen LogP contribution in [0.2, 0.25) is 0 Å². The van der Waals surface area contributed by atoms with Crippen molar-refractivity contribution < 1.29 is 28.7 Å². The highest BCUT2D eigenvalue weighted by Gasteiger charge is 2.57. The number of quaternary nitrogens is 1. The predicted octanol–water partition coefficient (Wildman–Crippen LogP) is 5.66. The maximum atomic E-state index is 14.5. The van der Waals surface area contributed by atoms with Crippen molar-refractivity contribution in [2.24, 2.45) is 0 Å². The van der Waals surface area contributed by atoms with Crippen LogP contribution in [0, 0.1) is 20.8 Å². The lowest BCUT2D eigenvalue weighted by molar-refractivity contribution is -0.901. The number of hydrogen-bond donors (Lipinski definition) is 2. The summed E-state index contributed by atoms with van der Waals surface area (Å²) in [6, 6.07) is 11.7. The van der Waals surface area contributed by atoms with E-state index in [1.165, 1.54) is 11.3 Å². The standard InChI is InChI=1S/C31H37N3O5S/c1-18-15-19(2)26(20(3)16-18)33-30(38)32-23-17-25(21-10-12-22(39-7)13-11-21)40-27(23)28(35)34(31(4,5)6)14-8-9-24(34)29(36)37/h10-13,15-17,24H,8-9,14H2,1-7H3,(H2-,32,33,35,36,37,38)/t24-,34?/m0/s1. The molecule has 0 radical (unpaired) electrons. The molecule has 2 heterocycles. The number of carboxylic acid groups (broad SMARTS) is 1. The van der Waals surface area contributed by atoms with E-state index in [9.17, 15) is 19.5 Å². The number of urea groups is 1. The smallest absolute Gasteiger partial charge is 0.359 e. The van der Waals surface area contributed by atoms with Crippen molar-refractivity contribution in [3.05, 3.63) is 64.0 Å². The lowest BCUT2D eigenvalue weighted by Crippen LogP contribution is -2.69. The molecule has 1 aromatic heterocycles. The number of rotatable bonds is 6. The summed E-state index contributed by atoms with van der Waals surface area (Å²) in [5.41, 5.74) is 4.14. The molecule has 1 aliphatic rings. The molecule has 0 spiro atoms. The molecule has 3 aromatic rings. The fraction of sp³-hybridized carbons (Fsp3) is 0.387. The van der Waals surface area contributed by atoms with E-state index >= 15 is 0 Å².